The van der Waals surface area contributed by atoms with Crippen molar-refractivity contribution in [2.45, 2.75) is 12.6 Å². The Bertz CT molecular complexity index is 553. The molecule has 0 radical (unpaired) electrons. The Balaban J connectivity index is 1.40. The third-order valence-electron chi connectivity index (χ3n) is 3.05. The van der Waals surface area contributed by atoms with Crippen LogP contribution >= 0.6 is 11.3 Å². The molecule has 0 aliphatic carbocycles. The van der Waals surface area contributed by atoms with Crippen LogP contribution < -0.4 is 10.1 Å². The van der Waals surface area contributed by atoms with Gasteiger partial charge in [0.05, 0.1) is 19.6 Å². The van der Waals surface area contributed by atoms with Gasteiger partial charge in [-0.1, -0.05) is 12.1 Å². The van der Waals surface area contributed by atoms with Gasteiger partial charge in [-0.3, -0.25) is 0 Å². The first-order valence-electron chi connectivity index (χ1n) is 6.44. The maximum absolute atomic E-state index is 11.9. The number of thiophene rings is 1. The minimum absolute atomic E-state index is 0.0392. The molecule has 1 aliphatic rings. The van der Waals surface area contributed by atoms with Crippen molar-refractivity contribution in [3.05, 3.63) is 46.8 Å². The standard InChI is InChI=1S/C14H15N3O2S/c18-14(16-8-12-4-3-7-20-12)17-9-11(10-17)19-13-5-1-2-6-15-13/h1-7,11H,8-10H2,(H,16,18). The van der Waals surface area contributed by atoms with Crippen LogP contribution in [0.1, 0.15) is 4.88 Å². The Morgan fingerprint density at radius 1 is 1.40 bits per heavy atom. The van der Waals surface area contributed by atoms with E-state index in [-0.39, 0.29) is 12.1 Å². The SMILES string of the molecule is O=C(NCc1cccs1)N1CC(Oc2ccccn2)C1. The number of likely N-dealkylation sites (tertiary alicyclic amines) is 1. The third-order valence-corrected chi connectivity index (χ3v) is 3.93. The lowest BCUT2D eigenvalue weighted by atomic mass is 10.2. The van der Waals surface area contributed by atoms with Gasteiger partial charge in [-0.25, -0.2) is 9.78 Å². The fraction of sp³-hybridized carbons (Fsp3) is 0.286. The Morgan fingerprint density at radius 2 is 2.30 bits per heavy atom. The molecule has 6 heteroatoms. The minimum atomic E-state index is -0.0423. The number of urea groups is 1. The molecule has 1 N–H and O–H groups in total. The van der Waals surface area contributed by atoms with Crippen LogP contribution in [0.5, 0.6) is 5.88 Å². The molecule has 2 amide bonds. The molecule has 3 heterocycles. The van der Waals surface area contributed by atoms with E-state index in [0.29, 0.717) is 25.5 Å². The van der Waals surface area contributed by atoms with Crippen LogP contribution in [-0.2, 0) is 6.54 Å². The Kier molecular flexibility index (Phi) is 3.83. The van der Waals surface area contributed by atoms with E-state index in [2.05, 4.69) is 10.3 Å². The van der Waals surface area contributed by atoms with E-state index in [4.69, 9.17) is 4.74 Å². The van der Waals surface area contributed by atoms with Crippen molar-refractivity contribution in [1.82, 2.24) is 15.2 Å². The number of hydrogen-bond acceptors (Lipinski definition) is 4. The number of ether oxygens (including phenoxy) is 1. The number of nitrogens with one attached hydrogen (secondary N) is 1. The van der Waals surface area contributed by atoms with Crippen molar-refractivity contribution in [2.75, 3.05) is 13.1 Å². The zero-order valence-electron chi connectivity index (χ0n) is 10.9. The first-order valence-corrected chi connectivity index (χ1v) is 7.32. The van der Waals surface area contributed by atoms with E-state index in [1.165, 1.54) is 0 Å². The normalized spacial score (nSPS) is 14.7. The van der Waals surface area contributed by atoms with Gasteiger partial charge in [-0.05, 0) is 17.5 Å². The number of rotatable bonds is 4. The van der Waals surface area contributed by atoms with E-state index < -0.39 is 0 Å². The van der Waals surface area contributed by atoms with Crippen LogP contribution in [-0.4, -0.2) is 35.1 Å². The number of carbonyl (C=O) groups excluding carboxylic acids is 1. The van der Waals surface area contributed by atoms with Crippen molar-refractivity contribution in [3.63, 3.8) is 0 Å². The van der Waals surface area contributed by atoms with Crippen molar-refractivity contribution in [2.24, 2.45) is 0 Å². The van der Waals surface area contributed by atoms with Crippen molar-refractivity contribution in [1.29, 1.82) is 0 Å². The molecule has 2 aromatic rings. The topological polar surface area (TPSA) is 54.5 Å². The summed E-state index contributed by atoms with van der Waals surface area (Å²) in [4.78, 5) is 18.9. The van der Waals surface area contributed by atoms with Crippen LogP contribution in [0, 0.1) is 0 Å². The Morgan fingerprint density at radius 3 is 3.00 bits per heavy atom. The quantitative estimate of drug-likeness (QED) is 0.938. The van der Waals surface area contributed by atoms with Gasteiger partial charge < -0.3 is 15.0 Å². The fourth-order valence-corrected chi connectivity index (χ4v) is 2.60. The molecule has 0 unspecified atom stereocenters. The van der Waals surface area contributed by atoms with E-state index in [1.807, 2.05) is 35.7 Å². The summed E-state index contributed by atoms with van der Waals surface area (Å²) in [6, 6.07) is 9.49. The number of pyridine rings is 1. The molecule has 0 atom stereocenters. The van der Waals surface area contributed by atoms with Crippen LogP contribution in [0.25, 0.3) is 0 Å². The highest BCUT2D eigenvalue weighted by Gasteiger charge is 2.32. The minimum Gasteiger partial charge on any atom is -0.471 e. The summed E-state index contributed by atoms with van der Waals surface area (Å²) in [6.45, 7) is 1.79. The molecule has 0 aromatic carbocycles. The lowest BCUT2D eigenvalue weighted by Crippen LogP contribution is -2.58. The third kappa shape index (κ3) is 3.08. The highest BCUT2D eigenvalue weighted by Crippen LogP contribution is 2.16. The molecule has 20 heavy (non-hydrogen) atoms. The molecule has 1 fully saturated rings. The highest BCUT2D eigenvalue weighted by molar-refractivity contribution is 7.09. The average Bonchev–Trinajstić information content (AvgIpc) is 2.94. The molecule has 3 rings (SSSR count). The van der Waals surface area contributed by atoms with Crippen LogP contribution in [0.4, 0.5) is 4.79 Å². The summed E-state index contributed by atoms with van der Waals surface area (Å²) in [7, 11) is 0. The number of nitrogens with zero attached hydrogens (tertiary/aromatic N) is 2. The van der Waals surface area contributed by atoms with E-state index >= 15 is 0 Å². The molecule has 0 bridgehead atoms. The monoisotopic (exact) mass is 289 g/mol. The van der Waals surface area contributed by atoms with Gasteiger partial charge in [-0.15, -0.1) is 11.3 Å². The summed E-state index contributed by atoms with van der Waals surface area (Å²) in [5.41, 5.74) is 0. The van der Waals surface area contributed by atoms with Gasteiger partial charge >= 0.3 is 6.03 Å². The van der Waals surface area contributed by atoms with E-state index in [9.17, 15) is 4.79 Å². The van der Waals surface area contributed by atoms with Gasteiger partial charge in [0.15, 0.2) is 0 Å². The zero-order chi connectivity index (χ0) is 13.8. The van der Waals surface area contributed by atoms with Crippen molar-refractivity contribution >= 4 is 17.4 Å². The van der Waals surface area contributed by atoms with Gasteiger partial charge in [0.25, 0.3) is 0 Å². The van der Waals surface area contributed by atoms with Gasteiger partial charge in [0, 0.05) is 17.1 Å². The number of carbonyl (C=O) groups is 1. The first kappa shape index (κ1) is 12.9. The summed E-state index contributed by atoms with van der Waals surface area (Å²) in [5, 5.41) is 4.90. The van der Waals surface area contributed by atoms with Crippen molar-refractivity contribution < 1.29 is 9.53 Å². The second-order valence-corrected chi connectivity index (χ2v) is 5.58. The van der Waals surface area contributed by atoms with Crippen LogP contribution in [0.3, 0.4) is 0 Å². The zero-order valence-corrected chi connectivity index (χ0v) is 11.7. The maximum Gasteiger partial charge on any atom is 0.317 e. The predicted molar refractivity (Wildman–Crippen MR) is 76.8 cm³/mol. The summed E-state index contributed by atoms with van der Waals surface area (Å²) in [6.07, 6.45) is 1.73. The van der Waals surface area contributed by atoms with Gasteiger partial charge in [0.1, 0.15) is 6.10 Å². The summed E-state index contributed by atoms with van der Waals surface area (Å²) < 4.78 is 5.65. The van der Waals surface area contributed by atoms with E-state index in [0.717, 1.165) is 4.88 Å². The largest absolute Gasteiger partial charge is 0.471 e. The second kappa shape index (κ2) is 5.92. The smallest absolute Gasteiger partial charge is 0.317 e. The molecular weight excluding hydrogens is 274 g/mol. The molecular formula is C14H15N3O2S. The predicted octanol–water partition coefficient (Wildman–Crippen LogP) is 2.12. The van der Waals surface area contributed by atoms with Crippen LogP contribution in [0.2, 0.25) is 0 Å². The molecule has 1 saturated heterocycles. The molecule has 0 spiro atoms. The molecule has 2 aromatic heterocycles. The fourth-order valence-electron chi connectivity index (χ4n) is 1.95. The molecule has 5 nitrogen and oxygen atoms in total. The van der Waals surface area contributed by atoms with Crippen LogP contribution in [0.15, 0.2) is 41.9 Å². The lowest BCUT2D eigenvalue weighted by molar-refractivity contribution is 0.0413. The maximum atomic E-state index is 11.9. The van der Waals surface area contributed by atoms with E-state index in [1.54, 1.807) is 22.4 Å². The highest BCUT2D eigenvalue weighted by atomic mass is 32.1. The first-order chi connectivity index (χ1) is 9.81. The number of hydrogen-bond donors (Lipinski definition) is 1. The Labute approximate surface area is 121 Å². The number of aromatic nitrogens is 1. The van der Waals surface area contributed by atoms with Gasteiger partial charge in [-0.2, -0.15) is 0 Å². The van der Waals surface area contributed by atoms with Crippen molar-refractivity contribution in [3.8, 4) is 5.88 Å². The molecule has 104 valence electrons. The average molecular weight is 289 g/mol. The van der Waals surface area contributed by atoms with Gasteiger partial charge in [0.2, 0.25) is 5.88 Å². The lowest BCUT2D eigenvalue weighted by Gasteiger charge is -2.38. The second-order valence-electron chi connectivity index (χ2n) is 4.55. The summed E-state index contributed by atoms with van der Waals surface area (Å²) >= 11 is 1.64. The Hall–Kier alpha value is -2.08. The summed E-state index contributed by atoms with van der Waals surface area (Å²) in [5.74, 6) is 0.608. The number of amides is 2. The molecule has 1 aliphatic heterocycles. The molecule has 0 saturated carbocycles.